The summed E-state index contributed by atoms with van der Waals surface area (Å²) in [6.45, 7) is 2.31. The molecule has 8 heteroatoms. The number of rotatable bonds is 8. The number of ether oxygens (including phenoxy) is 2. The normalized spacial score (nSPS) is 19.8. The number of aliphatic hydroxyl groups is 1. The van der Waals surface area contributed by atoms with Crippen molar-refractivity contribution in [1.82, 2.24) is 5.32 Å². The Balaban J connectivity index is 1.59. The molecule has 2 aromatic carbocycles. The van der Waals surface area contributed by atoms with Gasteiger partial charge in [0.1, 0.15) is 0 Å². The Bertz CT molecular complexity index is 889. The van der Waals surface area contributed by atoms with E-state index in [1.165, 1.54) is 0 Å². The van der Waals surface area contributed by atoms with Gasteiger partial charge in [0.2, 0.25) is 6.29 Å². The van der Waals surface area contributed by atoms with Crippen LogP contribution in [0, 0.1) is 0 Å². The third-order valence-electron chi connectivity index (χ3n) is 4.42. The maximum absolute atomic E-state index is 11.2. The molecule has 0 saturated carbocycles. The highest BCUT2D eigenvalue weighted by atomic mass is 35.5. The second-order valence-corrected chi connectivity index (χ2v) is 7.10. The topological polar surface area (TPSA) is 105 Å². The van der Waals surface area contributed by atoms with Crippen LogP contribution in [-0.2, 0) is 16.0 Å². The summed E-state index contributed by atoms with van der Waals surface area (Å²) < 4.78 is 10.4. The lowest BCUT2D eigenvalue weighted by atomic mass is 10.1. The van der Waals surface area contributed by atoms with E-state index in [1.807, 2.05) is 13.0 Å². The van der Waals surface area contributed by atoms with E-state index in [9.17, 15) is 14.7 Å². The zero-order valence-electron chi connectivity index (χ0n) is 15.1. The van der Waals surface area contributed by atoms with Crippen LogP contribution >= 0.6 is 11.6 Å². The fourth-order valence-corrected chi connectivity index (χ4v) is 3.15. The molecule has 1 aliphatic heterocycles. The van der Waals surface area contributed by atoms with Crippen LogP contribution in [-0.4, -0.2) is 40.8 Å². The van der Waals surface area contributed by atoms with E-state index in [0.717, 1.165) is 11.1 Å². The molecule has 148 valence electrons. The van der Waals surface area contributed by atoms with Gasteiger partial charge in [-0.3, -0.25) is 4.79 Å². The van der Waals surface area contributed by atoms with Crippen molar-refractivity contribution in [2.24, 2.45) is 0 Å². The van der Waals surface area contributed by atoms with Crippen molar-refractivity contribution in [2.45, 2.75) is 31.3 Å². The summed E-state index contributed by atoms with van der Waals surface area (Å²) in [7, 11) is 0. The van der Waals surface area contributed by atoms with Crippen molar-refractivity contribution in [1.29, 1.82) is 0 Å². The molecule has 0 radical (unpaired) electrons. The Kier molecular flexibility index (Phi) is 5.88. The van der Waals surface area contributed by atoms with Crippen LogP contribution in [0.3, 0.4) is 0 Å². The summed E-state index contributed by atoms with van der Waals surface area (Å²) >= 11 is 5.94. The van der Waals surface area contributed by atoms with Crippen molar-refractivity contribution < 1.29 is 29.3 Å². The minimum absolute atomic E-state index is 0.0181. The second kappa shape index (κ2) is 8.18. The summed E-state index contributed by atoms with van der Waals surface area (Å²) in [5.74, 6) is -3.43. The molecule has 1 heterocycles. The first-order chi connectivity index (χ1) is 13.3. The van der Waals surface area contributed by atoms with Gasteiger partial charge in [0.25, 0.3) is 0 Å². The van der Waals surface area contributed by atoms with Crippen LogP contribution in [0.1, 0.15) is 24.2 Å². The van der Waals surface area contributed by atoms with Crippen LogP contribution in [0.5, 0.6) is 11.5 Å². The van der Waals surface area contributed by atoms with Crippen LogP contribution in [0.2, 0.25) is 5.02 Å². The summed E-state index contributed by atoms with van der Waals surface area (Å²) in [5, 5.41) is 23.3. The Hall–Kier alpha value is -2.61. The van der Waals surface area contributed by atoms with E-state index in [2.05, 4.69) is 5.32 Å². The lowest BCUT2D eigenvalue weighted by Crippen LogP contribution is -2.48. The van der Waals surface area contributed by atoms with Crippen LogP contribution in [0.15, 0.2) is 42.5 Å². The van der Waals surface area contributed by atoms with Gasteiger partial charge in [0, 0.05) is 17.6 Å². The maximum Gasteiger partial charge on any atom is 0.410 e. The molecule has 0 saturated heterocycles. The zero-order valence-corrected chi connectivity index (χ0v) is 15.8. The number of hydrogen-bond acceptors (Lipinski definition) is 6. The number of benzene rings is 2. The number of aliphatic carboxylic acids is 1. The number of fused-ring (bicyclic) bond motifs is 1. The molecule has 7 nitrogen and oxygen atoms in total. The van der Waals surface area contributed by atoms with Gasteiger partial charge in [-0.05, 0) is 48.7 Å². The quantitative estimate of drug-likeness (QED) is 0.457. The standard InChI is InChI=1S/C20H20ClNO6/c1-12(22-10-16(24)14-3-2-4-15(21)9-14)7-13-5-6-17-18(8-13)28-20(11-23,27-17)19(25)26/h2-6,8-9,11-12,16,22,24H,7,10H2,1H3,(H,25,26)/t12-,16+,20?/m1/s1. The van der Waals surface area contributed by atoms with E-state index in [1.54, 1.807) is 36.4 Å². The highest BCUT2D eigenvalue weighted by Gasteiger charge is 2.50. The predicted octanol–water partition coefficient (Wildman–Crippen LogP) is 2.35. The lowest BCUT2D eigenvalue weighted by Gasteiger charge is -2.18. The molecule has 3 N–H and O–H groups in total. The first-order valence-electron chi connectivity index (χ1n) is 8.70. The SMILES string of the molecule is C[C@H](Cc1ccc2c(c1)OC(C=O)(C(=O)O)O2)NC[C@H](O)c1cccc(Cl)c1. The first-order valence-corrected chi connectivity index (χ1v) is 9.08. The largest absolute Gasteiger partial charge is 0.475 e. The van der Waals surface area contributed by atoms with Gasteiger partial charge in [-0.25, -0.2) is 4.79 Å². The summed E-state index contributed by atoms with van der Waals surface area (Å²) in [6.07, 6.45) is 0.0258. The highest BCUT2D eigenvalue weighted by molar-refractivity contribution is 6.30. The molecule has 3 atom stereocenters. The summed E-state index contributed by atoms with van der Waals surface area (Å²) in [5.41, 5.74) is 1.60. The number of carboxylic acids is 1. The van der Waals surface area contributed by atoms with Gasteiger partial charge >= 0.3 is 11.8 Å². The fraction of sp³-hybridized carbons (Fsp3) is 0.300. The van der Waals surface area contributed by atoms with Crippen molar-refractivity contribution in [3.05, 3.63) is 58.6 Å². The molecule has 2 aromatic rings. The molecule has 0 spiro atoms. The smallest absolute Gasteiger partial charge is 0.410 e. The minimum atomic E-state index is -2.33. The molecule has 1 unspecified atom stereocenters. The number of carboxylic acid groups (broad SMARTS) is 1. The number of aliphatic hydroxyl groups excluding tert-OH is 1. The van der Waals surface area contributed by atoms with Crippen molar-refractivity contribution in [3.8, 4) is 11.5 Å². The molecular weight excluding hydrogens is 386 g/mol. The molecule has 0 aliphatic carbocycles. The average molecular weight is 406 g/mol. The molecule has 1 aliphatic rings. The Labute approximate surface area is 166 Å². The van der Waals surface area contributed by atoms with Gasteiger partial charge in [-0.1, -0.05) is 29.8 Å². The molecule has 0 aromatic heterocycles. The number of hydrogen-bond donors (Lipinski definition) is 3. The van der Waals surface area contributed by atoms with Crippen molar-refractivity contribution in [3.63, 3.8) is 0 Å². The third kappa shape index (κ3) is 4.27. The maximum atomic E-state index is 11.2. The van der Waals surface area contributed by atoms with Crippen molar-refractivity contribution >= 4 is 23.9 Å². The first kappa shape index (κ1) is 20.1. The summed E-state index contributed by atoms with van der Waals surface area (Å²) in [6, 6.07) is 12.1. The number of nitrogens with one attached hydrogen (secondary N) is 1. The van der Waals surface area contributed by atoms with E-state index >= 15 is 0 Å². The summed E-state index contributed by atoms with van der Waals surface area (Å²) in [4.78, 5) is 22.4. The van der Waals surface area contributed by atoms with E-state index < -0.39 is 17.9 Å². The van der Waals surface area contributed by atoms with Crippen molar-refractivity contribution in [2.75, 3.05) is 6.54 Å². The molecule has 28 heavy (non-hydrogen) atoms. The second-order valence-electron chi connectivity index (χ2n) is 6.66. The monoisotopic (exact) mass is 405 g/mol. The van der Waals surface area contributed by atoms with Gasteiger partial charge in [0.15, 0.2) is 11.5 Å². The molecule has 0 bridgehead atoms. The number of halogens is 1. The predicted molar refractivity (Wildman–Crippen MR) is 102 cm³/mol. The van der Waals surface area contributed by atoms with Gasteiger partial charge < -0.3 is 25.0 Å². The van der Waals surface area contributed by atoms with Gasteiger partial charge in [0.05, 0.1) is 6.10 Å². The van der Waals surface area contributed by atoms with E-state index in [-0.39, 0.29) is 23.8 Å². The Morgan fingerprint density at radius 2 is 2.00 bits per heavy atom. The van der Waals surface area contributed by atoms with Crippen LogP contribution < -0.4 is 14.8 Å². The Morgan fingerprint density at radius 3 is 2.68 bits per heavy atom. The third-order valence-corrected chi connectivity index (χ3v) is 4.65. The van der Waals surface area contributed by atoms with Gasteiger partial charge in [-0.15, -0.1) is 0 Å². The van der Waals surface area contributed by atoms with E-state index in [0.29, 0.717) is 18.0 Å². The minimum Gasteiger partial charge on any atom is -0.475 e. The fourth-order valence-electron chi connectivity index (χ4n) is 2.95. The Morgan fingerprint density at radius 1 is 1.25 bits per heavy atom. The van der Waals surface area contributed by atoms with E-state index in [4.69, 9.17) is 26.2 Å². The van der Waals surface area contributed by atoms with Crippen LogP contribution in [0.25, 0.3) is 0 Å². The number of carbonyl (C=O) groups is 2. The van der Waals surface area contributed by atoms with Crippen LogP contribution in [0.4, 0.5) is 0 Å². The van der Waals surface area contributed by atoms with Gasteiger partial charge in [-0.2, -0.15) is 0 Å². The number of carbonyl (C=O) groups excluding carboxylic acids is 1. The molecule has 0 fully saturated rings. The number of aldehydes is 1. The molecule has 0 amide bonds. The molecular formula is C20H20ClNO6. The average Bonchev–Trinajstić information content (AvgIpc) is 3.05. The molecule has 3 rings (SSSR count). The highest BCUT2D eigenvalue weighted by Crippen LogP contribution is 2.39. The lowest BCUT2D eigenvalue weighted by molar-refractivity contribution is -0.176. The zero-order chi connectivity index (χ0) is 20.3.